The van der Waals surface area contributed by atoms with Crippen LogP contribution in [0.2, 0.25) is 5.02 Å². The minimum Gasteiger partial charge on any atom is -0.280 e. The third-order valence-electron chi connectivity index (χ3n) is 4.55. The van der Waals surface area contributed by atoms with Crippen molar-refractivity contribution in [3.8, 4) is 0 Å². The lowest BCUT2D eigenvalue weighted by atomic mass is 9.89. The third kappa shape index (κ3) is 5.33. The number of amides is 1. The second kappa shape index (κ2) is 8.75. The average molecular weight is 420 g/mol. The smallest absolute Gasteiger partial charge is 0.271 e. The summed E-state index contributed by atoms with van der Waals surface area (Å²) < 4.78 is 27.7. The molecule has 3 rings (SSSR count). The second-order valence-corrected chi connectivity index (χ2v) is 9.08. The van der Waals surface area contributed by atoms with E-state index in [-0.39, 0.29) is 10.5 Å². The number of nitrogens with one attached hydrogen (secondary N) is 2. The zero-order valence-electron chi connectivity index (χ0n) is 15.5. The van der Waals surface area contributed by atoms with Gasteiger partial charge in [0, 0.05) is 16.3 Å². The van der Waals surface area contributed by atoms with Crippen molar-refractivity contribution in [3.63, 3.8) is 0 Å². The molecule has 6 nitrogen and oxygen atoms in total. The molecule has 1 atom stereocenters. The number of sulfonamides is 1. The van der Waals surface area contributed by atoms with Crippen molar-refractivity contribution < 1.29 is 13.2 Å². The summed E-state index contributed by atoms with van der Waals surface area (Å²) in [4.78, 5) is 12.4. The lowest BCUT2D eigenvalue weighted by Crippen LogP contribution is -2.22. The van der Waals surface area contributed by atoms with Crippen LogP contribution >= 0.6 is 11.6 Å². The Morgan fingerprint density at radius 2 is 1.96 bits per heavy atom. The fourth-order valence-corrected chi connectivity index (χ4v) is 4.41. The highest BCUT2D eigenvalue weighted by molar-refractivity contribution is 7.92. The number of benzene rings is 2. The van der Waals surface area contributed by atoms with E-state index in [2.05, 4.69) is 22.2 Å². The van der Waals surface area contributed by atoms with Gasteiger partial charge in [-0.25, -0.2) is 13.8 Å². The molecule has 2 N–H and O–H groups in total. The highest BCUT2D eigenvalue weighted by Gasteiger charge is 2.18. The Hall–Kier alpha value is -2.38. The number of halogens is 1. The normalized spacial score (nSPS) is 18.6. The van der Waals surface area contributed by atoms with Crippen LogP contribution in [0.15, 0.2) is 58.5 Å². The SMILES string of the molecule is C[C@@H]1CCC/C(=N/NC(=O)c2cccc(S(=O)(=O)Nc3cccc(Cl)c3)c2)C1. The zero-order chi connectivity index (χ0) is 20.1. The lowest BCUT2D eigenvalue weighted by molar-refractivity contribution is 0.0954. The Labute approximate surface area is 170 Å². The standard InChI is InChI=1S/C20H22ClN3O3S/c1-14-5-2-8-17(11-14)22-23-20(25)15-6-3-10-19(12-15)28(26,27)24-18-9-4-7-16(21)13-18/h3-4,6-7,9-10,12-14,24H,2,5,8,11H2,1H3,(H,23,25)/b22-17-/t14-/m1/s1. The van der Waals surface area contributed by atoms with E-state index in [0.29, 0.717) is 16.6 Å². The Balaban J connectivity index is 1.74. The van der Waals surface area contributed by atoms with E-state index in [0.717, 1.165) is 25.0 Å². The molecule has 2 aromatic carbocycles. The number of nitrogens with zero attached hydrogens (tertiary/aromatic N) is 1. The van der Waals surface area contributed by atoms with Gasteiger partial charge in [0.25, 0.3) is 15.9 Å². The first kappa shape index (κ1) is 20.4. The maximum atomic E-state index is 12.6. The van der Waals surface area contributed by atoms with Crippen molar-refractivity contribution in [2.24, 2.45) is 11.0 Å². The van der Waals surface area contributed by atoms with Gasteiger partial charge in [0.2, 0.25) is 0 Å². The van der Waals surface area contributed by atoms with E-state index in [1.807, 2.05) is 0 Å². The predicted octanol–water partition coefficient (Wildman–Crippen LogP) is 4.44. The van der Waals surface area contributed by atoms with Gasteiger partial charge in [0.1, 0.15) is 0 Å². The van der Waals surface area contributed by atoms with Gasteiger partial charge in [-0.1, -0.05) is 30.7 Å². The summed E-state index contributed by atoms with van der Waals surface area (Å²) in [6, 6.07) is 12.2. The van der Waals surface area contributed by atoms with Gasteiger partial charge >= 0.3 is 0 Å². The van der Waals surface area contributed by atoms with Crippen LogP contribution in [0.4, 0.5) is 5.69 Å². The fourth-order valence-electron chi connectivity index (χ4n) is 3.13. The van der Waals surface area contributed by atoms with Gasteiger partial charge in [-0.05, 0) is 68.0 Å². The molecule has 2 aromatic rings. The highest BCUT2D eigenvalue weighted by atomic mass is 35.5. The van der Waals surface area contributed by atoms with Gasteiger partial charge in [0.05, 0.1) is 10.6 Å². The second-order valence-electron chi connectivity index (χ2n) is 6.96. The molecule has 8 heteroatoms. The predicted molar refractivity (Wildman–Crippen MR) is 111 cm³/mol. The van der Waals surface area contributed by atoms with Crippen molar-refractivity contribution in [2.45, 2.75) is 37.5 Å². The Bertz CT molecular complexity index is 1010. The quantitative estimate of drug-likeness (QED) is 0.702. The van der Waals surface area contributed by atoms with E-state index in [4.69, 9.17) is 11.6 Å². The molecule has 1 aliphatic carbocycles. The summed E-state index contributed by atoms with van der Waals surface area (Å²) in [5, 5.41) is 4.64. The number of hydrazone groups is 1. The van der Waals surface area contributed by atoms with Crippen molar-refractivity contribution >= 4 is 38.9 Å². The van der Waals surface area contributed by atoms with Gasteiger partial charge in [0.15, 0.2) is 0 Å². The topological polar surface area (TPSA) is 87.6 Å². The summed E-state index contributed by atoms with van der Waals surface area (Å²) in [6.07, 6.45) is 3.99. The molecule has 0 bridgehead atoms. The number of anilines is 1. The van der Waals surface area contributed by atoms with E-state index < -0.39 is 15.9 Å². The van der Waals surface area contributed by atoms with E-state index in [1.54, 1.807) is 24.3 Å². The molecule has 1 amide bonds. The van der Waals surface area contributed by atoms with Crippen LogP contribution in [0.25, 0.3) is 0 Å². The van der Waals surface area contributed by atoms with Gasteiger partial charge < -0.3 is 0 Å². The minimum atomic E-state index is -3.85. The molecule has 148 valence electrons. The molecule has 0 aromatic heterocycles. The fraction of sp³-hybridized carbons (Fsp3) is 0.300. The van der Waals surface area contributed by atoms with Gasteiger partial charge in [-0.3, -0.25) is 9.52 Å². The summed E-state index contributed by atoms with van der Waals surface area (Å²) in [6.45, 7) is 2.16. The number of carbonyl (C=O) groups excluding carboxylic acids is 1. The largest absolute Gasteiger partial charge is 0.280 e. The maximum absolute atomic E-state index is 12.6. The molecule has 0 spiro atoms. The Morgan fingerprint density at radius 3 is 2.71 bits per heavy atom. The van der Waals surface area contributed by atoms with Crippen molar-refractivity contribution in [3.05, 3.63) is 59.1 Å². The van der Waals surface area contributed by atoms with Crippen LogP contribution in [0.3, 0.4) is 0 Å². The first-order valence-electron chi connectivity index (χ1n) is 9.08. The highest BCUT2D eigenvalue weighted by Crippen LogP contribution is 2.22. The van der Waals surface area contributed by atoms with E-state index >= 15 is 0 Å². The summed E-state index contributed by atoms with van der Waals surface area (Å²) in [5.74, 6) is 0.126. The molecule has 1 saturated carbocycles. The summed E-state index contributed by atoms with van der Waals surface area (Å²) in [7, 11) is -3.85. The number of hydrogen-bond acceptors (Lipinski definition) is 4. The minimum absolute atomic E-state index is 0.0148. The van der Waals surface area contributed by atoms with Gasteiger partial charge in [-0.2, -0.15) is 5.10 Å². The Morgan fingerprint density at radius 1 is 1.18 bits per heavy atom. The molecule has 0 aliphatic heterocycles. The van der Waals surface area contributed by atoms with Crippen molar-refractivity contribution in [1.29, 1.82) is 0 Å². The van der Waals surface area contributed by atoms with Crippen LogP contribution in [-0.4, -0.2) is 20.0 Å². The first-order chi connectivity index (χ1) is 13.3. The zero-order valence-corrected chi connectivity index (χ0v) is 17.1. The van der Waals surface area contributed by atoms with E-state index in [9.17, 15) is 13.2 Å². The number of rotatable bonds is 5. The first-order valence-corrected chi connectivity index (χ1v) is 10.9. The average Bonchev–Trinajstić information content (AvgIpc) is 2.66. The summed E-state index contributed by atoms with van der Waals surface area (Å²) >= 11 is 5.89. The van der Waals surface area contributed by atoms with Crippen LogP contribution in [0.1, 0.15) is 43.0 Å². The molecule has 1 aliphatic rings. The van der Waals surface area contributed by atoms with Crippen LogP contribution in [-0.2, 0) is 10.0 Å². The van der Waals surface area contributed by atoms with Crippen molar-refractivity contribution in [2.75, 3.05) is 4.72 Å². The van der Waals surface area contributed by atoms with Crippen LogP contribution in [0, 0.1) is 5.92 Å². The van der Waals surface area contributed by atoms with Crippen LogP contribution < -0.4 is 10.1 Å². The molecule has 0 heterocycles. The monoisotopic (exact) mass is 419 g/mol. The molecule has 0 saturated heterocycles. The molecule has 1 fully saturated rings. The lowest BCUT2D eigenvalue weighted by Gasteiger charge is -2.18. The Kier molecular flexibility index (Phi) is 6.36. The van der Waals surface area contributed by atoms with E-state index in [1.165, 1.54) is 30.7 Å². The maximum Gasteiger partial charge on any atom is 0.271 e. The van der Waals surface area contributed by atoms with Crippen molar-refractivity contribution in [1.82, 2.24) is 5.43 Å². The molecular formula is C20H22ClN3O3S. The molecular weight excluding hydrogens is 398 g/mol. The summed E-state index contributed by atoms with van der Waals surface area (Å²) in [5.41, 5.74) is 4.08. The van der Waals surface area contributed by atoms with Gasteiger partial charge in [-0.15, -0.1) is 0 Å². The molecule has 0 unspecified atom stereocenters. The van der Waals surface area contributed by atoms with Crippen LogP contribution in [0.5, 0.6) is 0 Å². The molecule has 28 heavy (non-hydrogen) atoms. The molecule has 0 radical (unpaired) electrons. The third-order valence-corrected chi connectivity index (χ3v) is 6.16. The number of carbonyl (C=O) groups is 1. The number of hydrogen-bond donors (Lipinski definition) is 2.